The minimum atomic E-state index is -4.34. The number of piperidine rings is 1. The maximum absolute atomic E-state index is 12.3. The van der Waals surface area contributed by atoms with Gasteiger partial charge in [-0.1, -0.05) is 6.92 Å². The van der Waals surface area contributed by atoms with Gasteiger partial charge in [0.15, 0.2) is 0 Å². The van der Waals surface area contributed by atoms with Crippen molar-refractivity contribution in [3.05, 3.63) is 0 Å². The average Bonchev–Trinajstić information content (AvgIpc) is 2.27. The van der Waals surface area contributed by atoms with E-state index in [2.05, 4.69) is 10.6 Å². The minimum absolute atomic E-state index is 0.161. The molecule has 0 spiro atoms. The van der Waals surface area contributed by atoms with Crippen molar-refractivity contribution in [2.24, 2.45) is 5.92 Å². The molecule has 18 heavy (non-hydrogen) atoms. The van der Waals surface area contributed by atoms with E-state index in [1.165, 1.54) is 0 Å². The van der Waals surface area contributed by atoms with Crippen LogP contribution in [0.2, 0.25) is 0 Å². The average molecular weight is 268 g/mol. The van der Waals surface area contributed by atoms with Crippen LogP contribution in [0.25, 0.3) is 0 Å². The molecule has 1 rings (SSSR count). The smallest absolute Gasteiger partial charge is 0.401 e. The summed E-state index contributed by atoms with van der Waals surface area (Å²) in [6, 6.07) is 0. The van der Waals surface area contributed by atoms with Crippen molar-refractivity contribution in [2.45, 2.75) is 32.0 Å². The van der Waals surface area contributed by atoms with Crippen LogP contribution < -0.4 is 10.6 Å². The number of alkyl halides is 3. The lowest BCUT2D eigenvalue weighted by Gasteiger charge is -2.41. The third-order valence-electron chi connectivity index (χ3n) is 3.23. The van der Waals surface area contributed by atoms with Gasteiger partial charge in [0.05, 0.1) is 13.2 Å². The van der Waals surface area contributed by atoms with Gasteiger partial charge in [0, 0.05) is 6.54 Å². The molecular formula is C11H19F3N2O2. The van der Waals surface area contributed by atoms with Crippen LogP contribution in [0.1, 0.15) is 20.3 Å². The number of hydrogen-bond acceptors (Lipinski definition) is 4. The van der Waals surface area contributed by atoms with E-state index in [0.717, 1.165) is 0 Å². The number of halogens is 3. The van der Waals surface area contributed by atoms with E-state index in [1.54, 1.807) is 13.8 Å². The fourth-order valence-corrected chi connectivity index (χ4v) is 2.18. The Kier molecular flexibility index (Phi) is 4.98. The summed E-state index contributed by atoms with van der Waals surface area (Å²) in [5.41, 5.74) is -1.24. The van der Waals surface area contributed by atoms with Crippen LogP contribution in [0.4, 0.5) is 13.2 Å². The molecule has 2 atom stereocenters. The van der Waals surface area contributed by atoms with Crippen molar-refractivity contribution in [2.75, 3.05) is 26.2 Å². The molecule has 0 aromatic rings. The molecule has 2 N–H and O–H groups in total. The van der Waals surface area contributed by atoms with Gasteiger partial charge in [-0.15, -0.1) is 0 Å². The SMILES string of the molecule is CCOC(=O)C1(NCC(F)(F)F)CCNCC1C. The van der Waals surface area contributed by atoms with Crippen molar-refractivity contribution in [1.29, 1.82) is 0 Å². The summed E-state index contributed by atoms with van der Waals surface area (Å²) in [7, 11) is 0. The molecule has 0 bridgehead atoms. The van der Waals surface area contributed by atoms with Crippen LogP contribution in [-0.4, -0.2) is 43.9 Å². The first-order valence-corrected chi connectivity index (χ1v) is 6.01. The van der Waals surface area contributed by atoms with Gasteiger partial charge in [0.1, 0.15) is 5.54 Å². The predicted octanol–water partition coefficient (Wildman–Crippen LogP) is 1.07. The van der Waals surface area contributed by atoms with Crippen molar-refractivity contribution in [3.63, 3.8) is 0 Å². The van der Waals surface area contributed by atoms with Gasteiger partial charge < -0.3 is 10.1 Å². The maximum atomic E-state index is 12.3. The van der Waals surface area contributed by atoms with Gasteiger partial charge >= 0.3 is 12.1 Å². The molecule has 0 aromatic heterocycles. The largest absolute Gasteiger partial charge is 0.465 e. The first-order valence-electron chi connectivity index (χ1n) is 6.01. The molecule has 1 aliphatic rings. The fourth-order valence-electron chi connectivity index (χ4n) is 2.18. The first kappa shape index (κ1) is 15.2. The van der Waals surface area contributed by atoms with Crippen molar-refractivity contribution < 1.29 is 22.7 Å². The maximum Gasteiger partial charge on any atom is 0.401 e. The van der Waals surface area contributed by atoms with Crippen LogP contribution in [0.5, 0.6) is 0 Å². The predicted molar refractivity (Wildman–Crippen MR) is 60.1 cm³/mol. The molecule has 0 amide bonds. The summed E-state index contributed by atoms with van der Waals surface area (Å²) in [4.78, 5) is 12.0. The molecule has 1 aliphatic heterocycles. The van der Waals surface area contributed by atoms with Gasteiger partial charge in [0.2, 0.25) is 0 Å². The van der Waals surface area contributed by atoms with Gasteiger partial charge in [0.25, 0.3) is 0 Å². The van der Waals surface area contributed by atoms with E-state index in [1.807, 2.05) is 0 Å². The first-order chi connectivity index (χ1) is 8.32. The molecule has 0 aliphatic carbocycles. The zero-order valence-electron chi connectivity index (χ0n) is 10.6. The van der Waals surface area contributed by atoms with E-state index < -0.39 is 24.2 Å². The Morgan fingerprint density at radius 3 is 2.72 bits per heavy atom. The lowest BCUT2D eigenvalue weighted by molar-refractivity contribution is -0.160. The van der Waals surface area contributed by atoms with Crippen LogP contribution in [0.3, 0.4) is 0 Å². The van der Waals surface area contributed by atoms with Gasteiger partial charge in [-0.3, -0.25) is 10.1 Å². The van der Waals surface area contributed by atoms with Gasteiger partial charge in [-0.2, -0.15) is 13.2 Å². The zero-order chi connectivity index (χ0) is 13.8. The molecule has 0 saturated carbocycles. The molecule has 0 radical (unpaired) electrons. The van der Waals surface area contributed by atoms with Crippen molar-refractivity contribution in [1.82, 2.24) is 10.6 Å². The highest BCUT2D eigenvalue weighted by Gasteiger charge is 2.47. The van der Waals surface area contributed by atoms with Crippen LogP contribution in [0, 0.1) is 5.92 Å². The molecule has 0 aromatic carbocycles. The summed E-state index contributed by atoms with van der Waals surface area (Å²) < 4.78 is 41.9. The van der Waals surface area contributed by atoms with Crippen molar-refractivity contribution in [3.8, 4) is 0 Å². The number of esters is 1. The summed E-state index contributed by atoms with van der Waals surface area (Å²) in [5.74, 6) is -0.851. The van der Waals surface area contributed by atoms with E-state index >= 15 is 0 Å². The lowest BCUT2D eigenvalue weighted by Crippen LogP contribution is -2.64. The van der Waals surface area contributed by atoms with Crippen LogP contribution in [0.15, 0.2) is 0 Å². The highest BCUT2D eigenvalue weighted by molar-refractivity contribution is 5.81. The Balaban J connectivity index is 2.82. The standard InChI is InChI=1S/C11H19F3N2O2/c1-3-18-9(17)10(16-7-11(12,13)14)4-5-15-6-8(10)2/h8,15-16H,3-7H2,1-2H3. The molecule has 2 unspecified atom stereocenters. The van der Waals surface area contributed by atoms with Crippen molar-refractivity contribution >= 4 is 5.97 Å². The molecular weight excluding hydrogens is 249 g/mol. The van der Waals surface area contributed by atoms with Gasteiger partial charge in [-0.25, -0.2) is 0 Å². The number of carbonyl (C=O) groups is 1. The summed E-state index contributed by atoms with van der Waals surface area (Å²) in [5, 5.41) is 5.42. The summed E-state index contributed by atoms with van der Waals surface area (Å²) >= 11 is 0. The highest BCUT2D eigenvalue weighted by Crippen LogP contribution is 2.27. The normalized spacial score (nSPS) is 29.1. The molecule has 4 nitrogen and oxygen atoms in total. The Labute approximate surface area is 104 Å². The Morgan fingerprint density at radius 1 is 1.56 bits per heavy atom. The highest BCUT2D eigenvalue weighted by atomic mass is 19.4. The topological polar surface area (TPSA) is 50.4 Å². The van der Waals surface area contributed by atoms with E-state index in [9.17, 15) is 18.0 Å². The second-order valence-corrected chi connectivity index (χ2v) is 4.52. The van der Waals surface area contributed by atoms with E-state index in [0.29, 0.717) is 19.5 Å². The molecule has 1 heterocycles. The molecule has 1 saturated heterocycles. The number of ether oxygens (including phenoxy) is 1. The Hall–Kier alpha value is -0.820. The third kappa shape index (κ3) is 3.58. The number of rotatable bonds is 4. The molecule has 7 heteroatoms. The number of hydrogen-bond donors (Lipinski definition) is 2. The number of nitrogens with one attached hydrogen (secondary N) is 2. The Bertz CT molecular complexity index is 297. The molecule has 106 valence electrons. The monoisotopic (exact) mass is 268 g/mol. The minimum Gasteiger partial charge on any atom is -0.465 e. The Morgan fingerprint density at radius 2 is 2.22 bits per heavy atom. The van der Waals surface area contributed by atoms with Crippen LogP contribution >= 0.6 is 0 Å². The van der Waals surface area contributed by atoms with E-state index in [-0.39, 0.29) is 12.5 Å². The third-order valence-corrected chi connectivity index (χ3v) is 3.23. The summed E-state index contributed by atoms with van der Waals surface area (Å²) in [6.45, 7) is 3.34. The second-order valence-electron chi connectivity index (χ2n) is 4.52. The fraction of sp³-hybridized carbons (Fsp3) is 0.909. The second kappa shape index (κ2) is 5.88. The zero-order valence-corrected chi connectivity index (χ0v) is 10.6. The lowest BCUT2D eigenvalue weighted by atomic mass is 9.79. The van der Waals surface area contributed by atoms with Crippen LogP contribution in [-0.2, 0) is 9.53 Å². The number of carbonyl (C=O) groups excluding carboxylic acids is 1. The summed E-state index contributed by atoms with van der Waals surface area (Å²) in [6.07, 6.45) is -4.05. The quantitative estimate of drug-likeness (QED) is 0.749. The van der Waals surface area contributed by atoms with Gasteiger partial charge in [-0.05, 0) is 25.8 Å². The molecule has 1 fully saturated rings. The van der Waals surface area contributed by atoms with E-state index in [4.69, 9.17) is 4.74 Å².